The van der Waals surface area contributed by atoms with Gasteiger partial charge in [-0.15, -0.1) is 5.10 Å². The third kappa shape index (κ3) is 4.53. The molecule has 0 spiro atoms. The second-order valence-corrected chi connectivity index (χ2v) is 10.3. The van der Waals surface area contributed by atoms with Gasteiger partial charge in [-0.1, -0.05) is 12.1 Å². The minimum atomic E-state index is -0.544. The summed E-state index contributed by atoms with van der Waals surface area (Å²) < 4.78 is 7.15. The number of carbonyl (C=O) groups is 1. The molecule has 174 valence electrons. The highest BCUT2D eigenvalue weighted by Crippen LogP contribution is 2.59. The Kier molecular flexibility index (Phi) is 5.33. The second kappa shape index (κ2) is 7.75. The average molecular weight is 445 g/mol. The maximum Gasteiger partial charge on any atom is 0.407 e. The number of carbonyl (C=O) groups excluding carboxylic acids is 1. The van der Waals surface area contributed by atoms with E-state index in [-0.39, 0.29) is 22.9 Å². The highest BCUT2D eigenvalue weighted by Gasteiger charge is 2.63. The molecule has 3 aliphatic rings. The standard InChI is InChI=1S/C20H32N10O2/c1-13(30-7-6-24-28-30)8-22-15-25-14(21)26-16(27-15)29-12-19(5)9-20(29,10-19)11-23-17(31)32-18(2,3)4/h6-7,13H,8-12H2,1-5H3,(H,23,31)(H3,21,22,25,26,27)/t13-,19?,20?/m0/s1. The average Bonchev–Trinajstić information content (AvgIpc) is 3.35. The van der Waals surface area contributed by atoms with E-state index < -0.39 is 11.7 Å². The van der Waals surface area contributed by atoms with Gasteiger partial charge >= 0.3 is 6.09 Å². The van der Waals surface area contributed by atoms with E-state index in [1.807, 2.05) is 27.7 Å². The van der Waals surface area contributed by atoms with Crippen LogP contribution in [0.15, 0.2) is 12.4 Å². The third-order valence-electron chi connectivity index (χ3n) is 5.92. The summed E-state index contributed by atoms with van der Waals surface area (Å²) in [7, 11) is 0. The Morgan fingerprint density at radius 2 is 2.06 bits per heavy atom. The lowest BCUT2D eigenvalue weighted by Gasteiger charge is -2.46. The molecular formula is C20H32N10O2. The number of nitrogens with zero attached hydrogens (tertiary/aromatic N) is 7. The van der Waals surface area contributed by atoms with Crippen LogP contribution in [0.25, 0.3) is 0 Å². The molecule has 0 aromatic carbocycles. The minimum absolute atomic E-state index is 0.0572. The quantitative estimate of drug-likeness (QED) is 0.575. The number of rotatable bonds is 7. The number of aromatic nitrogens is 6. The van der Waals surface area contributed by atoms with Gasteiger partial charge in [0.2, 0.25) is 17.8 Å². The summed E-state index contributed by atoms with van der Waals surface area (Å²) >= 11 is 0. The summed E-state index contributed by atoms with van der Waals surface area (Å²) in [5.74, 6) is 1.07. The fourth-order valence-corrected chi connectivity index (χ4v) is 4.81. The fourth-order valence-electron chi connectivity index (χ4n) is 4.81. The van der Waals surface area contributed by atoms with E-state index in [2.05, 4.69) is 47.7 Å². The number of amides is 1. The highest BCUT2D eigenvalue weighted by molar-refractivity contribution is 5.68. The molecule has 12 heteroatoms. The number of ether oxygens (including phenoxy) is 1. The van der Waals surface area contributed by atoms with Crippen molar-refractivity contribution < 1.29 is 9.53 Å². The van der Waals surface area contributed by atoms with E-state index >= 15 is 0 Å². The molecule has 2 aliphatic heterocycles. The van der Waals surface area contributed by atoms with E-state index in [1.165, 1.54) is 0 Å². The molecule has 1 aliphatic carbocycles. The normalized spacial score (nSPS) is 25.2. The Morgan fingerprint density at radius 3 is 2.72 bits per heavy atom. The van der Waals surface area contributed by atoms with Gasteiger partial charge in [0.25, 0.3) is 0 Å². The van der Waals surface area contributed by atoms with E-state index in [0.717, 1.165) is 19.4 Å². The second-order valence-electron chi connectivity index (χ2n) is 10.3. The first kappa shape index (κ1) is 22.0. The van der Waals surface area contributed by atoms with E-state index in [9.17, 15) is 4.79 Å². The van der Waals surface area contributed by atoms with Crippen molar-refractivity contribution in [2.75, 3.05) is 35.6 Å². The Bertz CT molecular complexity index is 965. The number of fused-ring (bicyclic) bond motifs is 1. The first-order valence-corrected chi connectivity index (χ1v) is 10.8. The first-order chi connectivity index (χ1) is 15.0. The maximum atomic E-state index is 12.2. The molecule has 1 amide bonds. The van der Waals surface area contributed by atoms with Gasteiger partial charge in [0.15, 0.2) is 0 Å². The molecule has 32 heavy (non-hydrogen) atoms. The molecule has 2 saturated heterocycles. The van der Waals surface area contributed by atoms with Gasteiger partial charge in [-0.2, -0.15) is 15.0 Å². The summed E-state index contributed by atoms with van der Waals surface area (Å²) in [6, 6.07) is 0.0572. The van der Waals surface area contributed by atoms with Gasteiger partial charge in [0, 0.05) is 25.8 Å². The molecule has 1 saturated carbocycles. The van der Waals surface area contributed by atoms with Crippen LogP contribution in [0, 0.1) is 5.41 Å². The number of nitrogen functional groups attached to an aromatic ring is 1. The van der Waals surface area contributed by atoms with Crippen LogP contribution in [0.5, 0.6) is 0 Å². The van der Waals surface area contributed by atoms with Gasteiger partial charge in [-0.05, 0) is 46.0 Å². The van der Waals surface area contributed by atoms with Crippen molar-refractivity contribution in [2.45, 2.75) is 64.6 Å². The number of alkyl carbamates (subject to hydrolysis) is 1. The lowest BCUT2D eigenvalue weighted by Crippen LogP contribution is -2.57. The largest absolute Gasteiger partial charge is 0.444 e. The molecule has 2 aromatic heterocycles. The van der Waals surface area contributed by atoms with Gasteiger partial charge in [-0.3, -0.25) is 0 Å². The molecule has 3 fully saturated rings. The summed E-state index contributed by atoms with van der Waals surface area (Å²) in [5.41, 5.74) is 5.36. The van der Waals surface area contributed by atoms with Crippen LogP contribution < -0.4 is 21.3 Å². The minimum Gasteiger partial charge on any atom is -0.444 e. The lowest BCUT2D eigenvalue weighted by atomic mass is 9.63. The Morgan fingerprint density at radius 1 is 1.31 bits per heavy atom. The van der Waals surface area contributed by atoms with Crippen LogP contribution in [0.4, 0.5) is 22.6 Å². The molecule has 2 bridgehead atoms. The first-order valence-electron chi connectivity index (χ1n) is 10.8. The lowest BCUT2D eigenvalue weighted by molar-refractivity contribution is 0.0482. The van der Waals surface area contributed by atoms with Crippen LogP contribution >= 0.6 is 0 Å². The molecule has 12 nitrogen and oxygen atoms in total. The predicted octanol–water partition coefficient (Wildman–Crippen LogP) is 1.60. The summed E-state index contributed by atoms with van der Waals surface area (Å²) in [5, 5.41) is 14.0. The van der Waals surface area contributed by atoms with Crippen molar-refractivity contribution in [2.24, 2.45) is 5.41 Å². The molecular weight excluding hydrogens is 412 g/mol. The topological polar surface area (TPSA) is 149 Å². The zero-order chi connectivity index (χ0) is 23.1. The summed E-state index contributed by atoms with van der Waals surface area (Å²) in [4.78, 5) is 27.6. The highest BCUT2D eigenvalue weighted by atomic mass is 16.6. The van der Waals surface area contributed by atoms with Crippen molar-refractivity contribution in [3.8, 4) is 0 Å². The number of nitrogens with two attached hydrogens (primary N) is 1. The molecule has 2 aromatic rings. The molecule has 0 unspecified atom stereocenters. The van der Waals surface area contributed by atoms with E-state index in [0.29, 0.717) is 25.0 Å². The summed E-state index contributed by atoms with van der Waals surface area (Å²) in [6.45, 7) is 11.6. The fraction of sp³-hybridized carbons (Fsp3) is 0.700. The molecule has 4 N–H and O–H groups in total. The maximum absolute atomic E-state index is 12.2. The molecule has 0 radical (unpaired) electrons. The number of anilines is 3. The Labute approximate surface area is 187 Å². The van der Waals surface area contributed by atoms with Gasteiger partial charge in [0.1, 0.15) is 5.60 Å². The third-order valence-corrected chi connectivity index (χ3v) is 5.92. The Hall–Kier alpha value is -3.18. The van der Waals surface area contributed by atoms with Crippen molar-refractivity contribution in [3.63, 3.8) is 0 Å². The van der Waals surface area contributed by atoms with Crippen LogP contribution in [0.3, 0.4) is 0 Å². The van der Waals surface area contributed by atoms with Crippen molar-refractivity contribution in [1.82, 2.24) is 35.3 Å². The van der Waals surface area contributed by atoms with Crippen molar-refractivity contribution in [3.05, 3.63) is 12.4 Å². The SMILES string of the molecule is C[C@@H](CNc1nc(N)nc(N2CC3(C)CC2(CNC(=O)OC(C)(C)C)C3)n1)n1ccnn1. The summed E-state index contributed by atoms with van der Waals surface area (Å²) in [6.07, 6.45) is 4.90. The van der Waals surface area contributed by atoms with Crippen molar-refractivity contribution in [1.29, 1.82) is 0 Å². The van der Waals surface area contributed by atoms with Crippen LogP contribution in [0.2, 0.25) is 0 Å². The van der Waals surface area contributed by atoms with Gasteiger partial charge < -0.3 is 26.0 Å². The number of nitrogens with one attached hydrogen (secondary N) is 2. The van der Waals surface area contributed by atoms with E-state index in [1.54, 1.807) is 17.1 Å². The van der Waals surface area contributed by atoms with Gasteiger partial charge in [0.05, 0.1) is 17.8 Å². The van der Waals surface area contributed by atoms with Crippen molar-refractivity contribution >= 4 is 23.9 Å². The van der Waals surface area contributed by atoms with Crippen LogP contribution in [0.1, 0.15) is 53.5 Å². The van der Waals surface area contributed by atoms with Crippen LogP contribution in [-0.2, 0) is 4.74 Å². The monoisotopic (exact) mass is 444 g/mol. The molecule has 1 atom stereocenters. The molecule has 5 rings (SSSR count). The van der Waals surface area contributed by atoms with Crippen LogP contribution in [-0.4, -0.2) is 66.8 Å². The predicted molar refractivity (Wildman–Crippen MR) is 119 cm³/mol. The number of hydrogen-bond acceptors (Lipinski definition) is 10. The number of hydrogen-bond donors (Lipinski definition) is 3. The van der Waals surface area contributed by atoms with E-state index in [4.69, 9.17) is 10.5 Å². The van der Waals surface area contributed by atoms with Gasteiger partial charge in [-0.25, -0.2) is 9.48 Å². The zero-order valence-corrected chi connectivity index (χ0v) is 19.3. The smallest absolute Gasteiger partial charge is 0.407 e. The zero-order valence-electron chi connectivity index (χ0n) is 19.3. The Balaban J connectivity index is 1.46. The molecule has 4 heterocycles.